The van der Waals surface area contributed by atoms with Crippen molar-refractivity contribution in [1.29, 1.82) is 0 Å². The van der Waals surface area contributed by atoms with Gasteiger partial charge in [-0.2, -0.15) is 0 Å². The average molecular weight is 760 g/mol. The zero-order chi connectivity index (χ0) is 40.0. The molecule has 2 fully saturated rings. The van der Waals surface area contributed by atoms with Crippen molar-refractivity contribution in [3.8, 4) is 0 Å². The van der Waals surface area contributed by atoms with Crippen molar-refractivity contribution in [2.75, 3.05) is 7.11 Å². The average Bonchev–Trinajstić information content (AvgIpc) is 3.52. The van der Waals surface area contributed by atoms with Gasteiger partial charge in [0.1, 0.15) is 35.8 Å². The first-order chi connectivity index (χ1) is 25.5. The number of aryl methyl sites for hydroxylation is 1. The number of hydrogen-bond acceptors (Lipinski definition) is 9. The predicted molar refractivity (Wildman–Crippen MR) is 203 cm³/mol. The summed E-state index contributed by atoms with van der Waals surface area (Å²) in [5.41, 5.74) is -0.129. The van der Waals surface area contributed by atoms with E-state index in [1.54, 1.807) is 58.8 Å². The number of ether oxygens (including phenoxy) is 2. The Balaban J connectivity index is 1.84. The molecule has 0 radical (unpaired) electrons. The predicted octanol–water partition coefficient (Wildman–Crippen LogP) is 3.58. The highest BCUT2D eigenvalue weighted by Crippen LogP contribution is 2.29. The molecule has 2 aliphatic rings. The van der Waals surface area contributed by atoms with Crippen LogP contribution in [0, 0.1) is 17.8 Å². The van der Waals surface area contributed by atoms with E-state index in [-0.39, 0.29) is 18.3 Å². The van der Waals surface area contributed by atoms with Crippen LogP contribution in [0.4, 0.5) is 4.79 Å². The molecule has 54 heavy (non-hydrogen) atoms. The molecule has 2 saturated carbocycles. The minimum Gasteiger partial charge on any atom is -0.467 e. The Kier molecular flexibility index (Phi) is 17.2. The smallest absolute Gasteiger partial charge is 0.408 e. The van der Waals surface area contributed by atoms with E-state index in [1.165, 1.54) is 14.0 Å². The monoisotopic (exact) mass is 759 g/mol. The Morgan fingerprint density at radius 3 is 1.70 bits per heavy atom. The van der Waals surface area contributed by atoms with E-state index in [2.05, 4.69) is 31.6 Å². The van der Waals surface area contributed by atoms with Gasteiger partial charge in [-0.25, -0.2) is 14.6 Å². The molecule has 1 aromatic heterocycles. The van der Waals surface area contributed by atoms with E-state index >= 15 is 0 Å². The lowest BCUT2D eigenvalue weighted by atomic mass is 9.83. The molecule has 5 N–H and O–H groups in total. The standard InChI is InChI=1S/C39H65N7O8/c1-24(2)32(45-35(49)31(21-28-22-40-23-46(28)7)44-38(52)54-39(4,5)6)36(50)43-30(20-27-17-13-10-14-18-27)34(48)42-29(19-26-15-11-9-12-16-26)33(47)41-25(3)37(51)53-8/h22-27,29-32H,9-21H2,1-8H3,(H,41,47)(H,42,48)(H,43,50)(H,44,52)(H,45,49)/t25-,29-,30-,31-,32+/m0/s1. The zero-order valence-corrected chi connectivity index (χ0v) is 33.6. The molecule has 5 amide bonds. The van der Waals surface area contributed by atoms with Gasteiger partial charge in [0.15, 0.2) is 0 Å². The summed E-state index contributed by atoms with van der Waals surface area (Å²) in [4.78, 5) is 84.8. The van der Waals surface area contributed by atoms with Crippen LogP contribution in [0.3, 0.4) is 0 Å². The van der Waals surface area contributed by atoms with Crippen molar-refractivity contribution >= 4 is 35.7 Å². The van der Waals surface area contributed by atoms with Crippen LogP contribution in [-0.4, -0.2) is 88.2 Å². The summed E-state index contributed by atoms with van der Waals surface area (Å²) < 4.78 is 12.0. The molecule has 0 spiro atoms. The van der Waals surface area contributed by atoms with Crippen LogP contribution in [-0.2, 0) is 46.9 Å². The number of carbonyl (C=O) groups excluding carboxylic acids is 6. The van der Waals surface area contributed by atoms with Crippen LogP contribution in [0.1, 0.15) is 124 Å². The second-order valence-electron chi connectivity index (χ2n) is 16.5. The molecule has 0 saturated heterocycles. The molecule has 0 unspecified atom stereocenters. The van der Waals surface area contributed by atoms with Gasteiger partial charge in [0.05, 0.1) is 13.4 Å². The molecular weight excluding hydrogens is 694 g/mol. The lowest BCUT2D eigenvalue weighted by Gasteiger charge is -2.32. The highest BCUT2D eigenvalue weighted by molar-refractivity contribution is 5.96. The zero-order valence-electron chi connectivity index (χ0n) is 33.6. The molecule has 1 aromatic rings. The van der Waals surface area contributed by atoms with E-state index in [1.807, 2.05) is 0 Å². The van der Waals surface area contributed by atoms with E-state index in [0.717, 1.165) is 64.2 Å². The van der Waals surface area contributed by atoms with Gasteiger partial charge in [0.25, 0.3) is 0 Å². The molecule has 0 bridgehead atoms. The molecule has 15 nitrogen and oxygen atoms in total. The highest BCUT2D eigenvalue weighted by Gasteiger charge is 2.36. The third-order valence-electron chi connectivity index (χ3n) is 10.4. The number of amides is 5. The first kappa shape index (κ1) is 44.2. The number of carbonyl (C=O) groups is 6. The fraction of sp³-hybridized carbons (Fsp3) is 0.769. The van der Waals surface area contributed by atoms with Gasteiger partial charge in [0, 0.05) is 25.4 Å². The van der Waals surface area contributed by atoms with Crippen molar-refractivity contribution in [1.82, 2.24) is 36.1 Å². The van der Waals surface area contributed by atoms with Crippen LogP contribution in [0.5, 0.6) is 0 Å². The third-order valence-corrected chi connectivity index (χ3v) is 10.4. The van der Waals surface area contributed by atoms with E-state index in [4.69, 9.17) is 9.47 Å². The quantitative estimate of drug-likeness (QED) is 0.147. The van der Waals surface area contributed by atoms with Crippen molar-refractivity contribution in [3.63, 3.8) is 0 Å². The Labute approximate surface area is 320 Å². The van der Waals surface area contributed by atoms with E-state index in [9.17, 15) is 28.8 Å². The minimum atomic E-state index is -1.10. The number of rotatable bonds is 17. The molecule has 3 rings (SSSR count). The Morgan fingerprint density at radius 1 is 0.741 bits per heavy atom. The molecule has 2 aliphatic carbocycles. The topological polar surface area (TPSA) is 199 Å². The van der Waals surface area contributed by atoms with Crippen LogP contribution in [0.25, 0.3) is 0 Å². The molecule has 304 valence electrons. The number of hydrogen-bond donors (Lipinski definition) is 5. The first-order valence-corrected chi connectivity index (χ1v) is 19.7. The number of esters is 1. The van der Waals surface area contributed by atoms with Crippen molar-refractivity contribution in [2.45, 2.75) is 161 Å². The van der Waals surface area contributed by atoms with Crippen molar-refractivity contribution in [3.05, 3.63) is 18.2 Å². The van der Waals surface area contributed by atoms with Crippen LogP contribution in [0.15, 0.2) is 12.5 Å². The Bertz CT molecular complexity index is 1410. The normalized spacial score (nSPS) is 18.3. The largest absolute Gasteiger partial charge is 0.467 e. The van der Waals surface area contributed by atoms with Gasteiger partial charge in [-0.1, -0.05) is 78.1 Å². The van der Waals surface area contributed by atoms with Gasteiger partial charge in [-0.15, -0.1) is 0 Å². The van der Waals surface area contributed by atoms with Gasteiger partial charge < -0.3 is 40.6 Å². The maximum Gasteiger partial charge on any atom is 0.408 e. The van der Waals surface area contributed by atoms with Crippen LogP contribution in [0.2, 0.25) is 0 Å². The van der Waals surface area contributed by atoms with Crippen LogP contribution < -0.4 is 26.6 Å². The fourth-order valence-electron chi connectivity index (χ4n) is 7.30. The molecular formula is C39H65N7O8. The number of alkyl carbamates (subject to hydrolysis) is 1. The summed E-state index contributed by atoms with van der Waals surface area (Å²) in [6.45, 7) is 10.2. The van der Waals surface area contributed by atoms with Crippen molar-refractivity contribution < 1.29 is 38.2 Å². The summed E-state index contributed by atoms with van der Waals surface area (Å²) in [7, 11) is 3.02. The minimum absolute atomic E-state index is 0.0831. The molecule has 0 aromatic carbocycles. The molecule has 1 heterocycles. The molecule has 15 heteroatoms. The van der Waals surface area contributed by atoms with Gasteiger partial charge in [-0.3, -0.25) is 19.2 Å². The summed E-state index contributed by atoms with van der Waals surface area (Å²) in [5, 5.41) is 14.0. The lowest BCUT2D eigenvalue weighted by Crippen LogP contribution is -2.60. The molecule has 0 aliphatic heterocycles. The number of nitrogens with zero attached hydrogens (tertiary/aromatic N) is 2. The molecule has 5 atom stereocenters. The first-order valence-electron chi connectivity index (χ1n) is 19.7. The van der Waals surface area contributed by atoms with Gasteiger partial charge in [0.2, 0.25) is 23.6 Å². The SMILES string of the molecule is COC(=O)[C@H](C)NC(=O)[C@H](CC1CCCCC1)NC(=O)[C@H](CC1CCCCC1)NC(=O)[C@H](NC(=O)[C@H](Cc1cncn1C)NC(=O)OC(C)(C)C)C(C)C. The van der Waals surface area contributed by atoms with E-state index in [0.29, 0.717) is 18.5 Å². The fourth-order valence-corrected chi connectivity index (χ4v) is 7.30. The second-order valence-corrected chi connectivity index (χ2v) is 16.5. The van der Waals surface area contributed by atoms with Gasteiger partial charge in [-0.05, 0) is 58.3 Å². The third kappa shape index (κ3) is 14.6. The number of nitrogens with one attached hydrogen (secondary N) is 5. The maximum absolute atomic E-state index is 14.2. The van der Waals surface area contributed by atoms with Gasteiger partial charge >= 0.3 is 12.1 Å². The second kappa shape index (κ2) is 21.1. The lowest BCUT2D eigenvalue weighted by molar-refractivity contribution is -0.145. The van der Waals surface area contributed by atoms with Crippen LogP contribution >= 0.6 is 0 Å². The summed E-state index contributed by atoms with van der Waals surface area (Å²) in [6.07, 6.45) is 13.3. The number of methoxy groups -OCH3 is 1. The summed E-state index contributed by atoms with van der Waals surface area (Å²) >= 11 is 0. The number of imidazole rings is 1. The Hall–Kier alpha value is -4.17. The highest BCUT2D eigenvalue weighted by atomic mass is 16.6. The number of aromatic nitrogens is 2. The summed E-state index contributed by atoms with van der Waals surface area (Å²) in [5.74, 6) is -2.72. The van der Waals surface area contributed by atoms with Crippen molar-refractivity contribution in [2.24, 2.45) is 24.8 Å². The Morgan fingerprint density at radius 2 is 1.24 bits per heavy atom. The summed E-state index contributed by atoms with van der Waals surface area (Å²) in [6, 6.07) is -4.98. The van der Waals surface area contributed by atoms with E-state index < -0.39 is 77.4 Å². The maximum atomic E-state index is 14.2.